The van der Waals surface area contributed by atoms with Crippen LogP contribution in [0.2, 0.25) is 0 Å². The average Bonchev–Trinajstić information content (AvgIpc) is 3.09. The van der Waals surface area contributed by atoms with Crippen LogP contribution in [0, 0.1) is 0 Å². The van der Waals surface area contributed by atoms with E-state index in [0.717, 1.165) is 17.7 Å². The molecule has 0 aliphatic carbocycles. The van der Waals surface area contributed by atoms with E-state index in [1.54, 1.807) is 18.2 Å². The summed E-state index contributed by atoms with van der Waals surface area (Å²) in [4.78, 5) is 11.3. The molecule has 0 unspecified atom stereocenters. The number of carbonyl (C=O) groups is 1. The summed E-state index contributed by atoms with van der Waals surface area (Å²) >= 11 is 0. The molecule has 2 aromatic carbocycles. The van der Waals surface area contributed by atoms with E-state index in [1.807, 2.05) is 12.1 Å². The van der Waals surface area contributed by atoms with Crippen LogP contribution >= 0.6 is 0 Å². The molecule has 1 atom stereocenters. The molecule has 10 heteroatoms. The van der Waals surface area contributed by atoms with Gasteiger partial charge < -0.3 is 20.1 Å². The number of rotatable bonds is 5. The highest BCUT2D eigenvalue weighted by Crippen LogP contribution is 2.30. The number of aromatic carboxylic acids is 1. The Bertz CT molecular complexity index is 1040. The Morgan fingerprint density at radius 1 is 1.21 bits per heavy atom. The normalized spacial score (nSPS) is 18.3. The number of hydrogen-bond acceptors (Lipinski definition) is 6. The maximum absolute atomic E-state index is 12.6. The van der Waals surface area contributed by atoms with Crippen molar-refractivity contribution in [1.29, 1.82) is 0 Å². The van der Waals surface area contributed by atoms with Crippen molar-refractivity contribution in [2.75, 3.05) is 0 Å². The van der Waals surface area contributed by atoms with Gasteiger partial charge in [0.1, 0.15) is 5.75 Å². The third kappa shape index (κ3) is 3.76. The maximum atomic E-state index is 12.6. The molecule has 0 fully saturated rings. The third-order valence-electron chi connectivity index (χ3n) is 4.94. The van der Waals surface area contributed by atoms with Crippen molar-refractivity contribution in [3.8, 4) is 5.75 Å². The number of fused-ring (bicyclic) bond motifs is 2. The van der Waals surface area contributed by atoms with Crippen LogP contribution in [0.15, 0.2) is 36.4 Å². The molecule has 2 aliphatic heterocycles. The molecular weight excluding hydrogens is 383 g/mol. The Morgan fingerprint density at radius 2 is 2.00 bits per heavy atom. The standard InChI is InChI=1S/C18H19BN2O6S/c22-18(23)15-3-1-2-12-7-16(19(24)27-17(12)15)21-28(25,26)10-11-4-5-13-8-20-9-14(13)6-11/h1-6,16,20-21,24H,7-10H2,(H,22,23)/t16-/m0/s1. The second-order valence-corrected chi connectivity index (χ2v) is 8.76. The summed E-state index contributed by atoms with van der Waals surface area (Å²) < 4.78 is 33.0. The van der Waals surface area contributed by atoms with E-state index >= 15 is 0 Å². The second-order valence-electron chi connectivity index (χ2n) is 7.00. The Balaban J connectivity index is 1.50. The zero-order chi connectivity index (χ0) is 19.9. The summed E-state index contributed by atoms with van der Waals surface area (Å²) in [5, 5.41) is 22.7. The van der Waals surface area contributed by atoms with Gasteiger partial charge in [-0.15, -0.1) is 0 Å². The third-order valence-corrected chi connectivity index (χ3v) is 6.31. The molecule has 0 saturated carbocycles. The predicted octanol–water partition coefficient (Wildman–Crippen LogP) is 0.431. The Kier molecular flexibility index (Phi) is 4.88. The van der Waals surface area contributed by atoms with Gasteiger partial charge in [-0.3, -0.25) is 0 Å². The molecular formula is C18H19BN2O6S. The zero-order valence-corrected chi connectivity index (χ0v) is 15.7. The van der Waals surface area contributed by atoms with Crippen LogP contribution in [-0.4, -0.2) is 37.6 Å². The summed E-state index contributed by atoms with van der Waals surface area (Å²) in [6.45, 7) is 1.50. The fraction of sp³-hybridized carbons (Fsp3) is 0.278. The summed E-state index contributed by atoms with van der Waals surface area (Å²) in [7, 11) is -5.22. The number of nitrogens with one attached hydrogen (secondary N) is 2. The van der Waals surface area contributed by atoms with E-state index in [2.05, 4.69) is 10.0 Å². The Morgan fingerprint density at radius 3 is 2.79 bits per heavy atom. The smallest absolute Gasteiger partial charge is 0.534 e. The van der Waals surface area contributed by atoms with Crippen LogP contribution < -0.4 is 14.7 Å². The van der Waals surface area contributed by atoms with Crippen molar-refractivity contribution in [3.63, 3.8) is 0 Å². The lowest BCUT2D eigenvalue weighted by atomic mass is 9.73. The molecule has 0 amide bonds. The van der Waals surface area contributed by atoms with Crippen molar-refractivity contribution in [2.45, 2.75) is 31.2 Å². The molecule has 0 saturated heterocycles. The van der Waals surface area contributed by atoms with Gasteiger partial charge in [-0.2, -0.15) is 0 Å². The maximum Gasteiger partial charge on any atom is 0.542 e. The van der Waals surface area contributed by atoms with Crippen LogP contribution in [0.3, 0.4) is 0 Å². The lowest BCUT2D eigenvalue weighted by Crippen LogP contribution is -2.53. The van der Waals surface area contributed by atoms with Gasteiger partial charge in [0, 0.05) is 13.1 Å². The molecule has 28 heavy (non-hydrogen) atoms. The number of carboxylic acids is 1. The van der Waals surface area contributed by atoms with Crippen molar-refractivity contribution in [2.24, 2.45) is 0 Å². The fourth-order valence-corrected chi connectivity index (χ4v) is 4.99. The number of benzene rings is 2. The van der Waals surface area contributed by atoms with Gasteiger partial charge in [-0.25, -0.2) is 17.9 Å². The van der Waals surface area contributed by atoms with Gasteiger partial charge >= 0.3 is 13.1 Å². The number of sulfonamides is 1. The average molecular weight is 402 g/mol. The monoisotopic (exact) mass is 402 g/mol. The number of hydrogen-bond donors (Lipinski definition) is 4. The van der Waals surface area contributed by atoms with Crippen LogP contribution in [-0.2, 0) is 35.3 Å². The summed E-state index contributed by atoms with van der Waals surface area (Å²) in [5.41, 5.74) is 3.38. The molecule has 2 heterocycles. The highest BCUT2D eigenvalue weighted by atomic mass is 32.2. The number of para-hydroxylation sites is 1. The zero-order valence-electron chi connectivity index (χ0n) is 14.9. The molecule has 2 aliphatic rings. The van der Waals surface area contributed by atoms with E-state index in [-0.39, 0.29) is 23.5 Å². The molecule has 0 bridgehead atoms. The van der Waals surface area contributed by atoms with Crippen LogP contribution in [0.25, 0.3) is 0 Å². The first-order chi connectivity index (χ1) is 13.3. The summed E-state index contributed by atoms with van der Waals surface area (Å²) in [6, 6.07) is 10.2. The van der Waals surface area contributed by atoms with Crippen molar-refractivity contribution >= 4 is 23.1 Å². The molecule has 146 valence electrons. The van der Waals surface area contributed by atoms with E-state index in [9.17, 15) is 23.3 Å². The first-order valence-corrected chi connectivity index (χ1v) is 10.5. The first kappa shape index (κ1) is 18.9. The molecule has 0 radical (unpaired) electrons. The summed E-state index contributed by atoms with van der Waals surface area (Å²) in [6.07, 6.45) is 0.130. The highest BCUT2D eigenvalue weighted by Gasteiger charge is 2.39. The molecule has 0 aromatic heterocycles. The quantitative estimate of drug-likeness (QED) is 0.535. The van der Waals surface area contributed by atoms with Crippen LogP contribution in [0.4, 0.5) is 0 Å². The summed E-state index contributed by atoms with van der Waals surface area (Å²) in [5.74, 6) is -2.22. The molecule has 4 N–H and O–H groups in total. The minimum Gasteiger partial charge on any atom is -0.534 e. The van der Waals surface area contributed by atoms with Gasteiger partial charge in [0.05, 0.1) is 17.3 Å². The minimum absolute atomic E-state index is 0.0652. The number of carboxylic acid groups (broad SMARTS) is 1. The first-order valence-electron chi connectivity index (χ1n) is 8.84. The topological polar surface area (TPSA) is 125 Å². The minimum atomic E-state index is -3.74. The largest absolute Gasteiger partial charge is 0.542 e. The van der Waals surface area contributed by atoms with Crippen molar-refractivity contribution in [1.82, 2.24) is 10.0 Å². The fourth-order valence-electron chi connectivity index (χ4n) is 3.62. The van der Waals surface area contributed by atoms with Gasteiger partial charge in [0.25, 0.3) is 0 Å². The second kappa shape index (κ2) is 7.21. The predicted molar refractivity (Wildman–Crippen MR) is 102 cm³/mol. The van der Waals surface area contributed by atoms with Gasteiger partial charge in [-0.05, 0) is 34.7 Å². The molecule has 4 rings (SSSR count). The Hall–Kier alpha value is -2.40. The van der Waals surface area contributed by atoms with Crippen molar-refractivity contribution < 1.29 is 28.0 Å². The van der Waals surface area contributed by atoms with E-state index in [4.69, 9.17) is 4.65 Å². The van der Waals surface area contributed by atoms with E-state index in [1.165, 1.54) is 6.07 Å². The van der Waals surface area contributed by atoms with Gasteiger partial charge in [0.15, 0.2) is 0 Å². The highest BCUT2D eigenvalue weighted by molar-refractivity contribution is 7.88. The SMILES string of the molecule is O=C(O)c1cccc2c1OB(O)[C@@H](NS(=O)(=O)Cc1ccc3c(c1)CNC3)C2. The van der Waals surface area contributed by atoms with Gasteiger partial charge in [-0.1, -0.05) is 30.3 Å². The molecule has 0 spiro atoms. The lowest BCUT2D eigenvalue weighted by Gasteiger charge is -2.28. The van der Waals surface area contributed by atoms with Gasteiger partial charge in [0.2, 0.25) is 10.0 Å². The van der Waals surface area contributed by atoms with Crippen LogP contribution in [0.5, 0.6) is 5.75 Å². The van der Waals surface area contributed by atoms with E-state index < -0.39 is 29.1 Å². The molecule has 2 aromatic rings. The lowest BCUT2D eigenvalue weighted by molar-refractivity contribution is 0.0694. The van der Waals surface area contributed by atoms with E-state index in [0.29, 0.717) is 17.7 Å². The van der Waals surface area contributed by atoms with Crippen molar-refractivity contribution in [3.05, 3.63) is 64.2 Å². The Labute approximate surface area is 162 Å². The molecule has 8 nitrogen and oxygen atoms in total. The van der Waals surface area contributed by atoms with Crippen LogP contribution in [0.1, 0.15) is 32.6 Å².